The number of hydrogen-bond acceptors (Lipinski definition) is 4. The predicted octanol–water partition coefficient (Wildman–Crippen LogP) is 2.74. The molecule has 0 saturated carbocycles. The second-order valence-corrected chi connectivity index (χ2v) is 9.69. The summed E-state index contributed by atoms with van der Waals surface area (Å²) in [5.41, 5.74) is 2.66. The molecule has 2 aromatic carbocycles. The molecule has 8 heteroatoms. The van der Waals surface area contributed by atoms with Crippen molar-refractivity contribution in [3.63, 3.8) is 0 Å². The van der Waals surface area contributed by atoms with Crippen LogP contribution in [-0.2, 0) is 27.7 Å². The fraction of sp³-hybridized carbons (Fsp3) is 0.381. The third kappa shape index (κ3) is 4.42. The molecule has 0 unspecified atom stereocenters. The van der Waals surface area contributed by atoms with Crippen LogP contribution in [0.25, 0.3) is 0 Å². The predicted molar refractivity (Wildman–Crippen MR) is 111 cm³/mol. The average Bonchev–Trinajstić information content (AvgIpc) is 3.20. The molecular weight excluding hydrogens is 412 g/mol. The molecule has 4 rings (SSSR count). The fourth-order valence-corrected chi connectivity index (χ4v) is 5.36. The van der Waals surface area contributed by atoms with Crippen LogP contribution in [0.4, 0.5) is 0 Å². The van der Waals surface area contributed by atoms with Gasteiger partial charge in [-0.05, 0) is 66.8 Å². The minimum absolute atomic E-state index is 0.0390. The molecule has 154 valence electrons. The molecule has 1 aliphatic carbocycles. The molecule has 0 spiro atoms. The first-order chi connectivity index (χ1) is 13.9. The molecule has 1 fully saturated rings. The van der Waals surface area contributed by atoms with Gasteiger partial charge in [0.15, 0.2) is 6.61 Å². The number of piperazine rings is 1. The van der Waals surface area contributed by atoms with Crippen LogP contribution in [0.1, 0.15) is 17.5 Å². The zero-order valence-corrected chi connectivity index (χ0v) is 17.6. The van der Waals surface area contributed by atoms with Crippen molar-refractivity contribution in [2.24, 2.45) is 0 Å². The van der Waals surface area contributed by atoms with Gasteiger partial charge in [-0.15, -0.1) is 0 Å². The molecule has 6 nitrogen and oxygen atoms in total. The maximum absolute atomic E-state index is 12.7. The number of amides is 1. The lowest BCUT2D eigenvalue weighted by Crippen LogP contribution is -2.51. The Morgan fingerprint density at radius 1 is 0.966 bits per heavy atom. The van der Waals surface area contributed by atoms with E-state index in [1.165, 1.54) is 34.0 Å². The molecule has 1 amide bonds. The van der Waals surface area contributed by atoms with Crippen LogP contribution in [0.2, 0.25) is 5.02 Å². The Bertz CT molecular complexity index is 1000. The van der Waals surface area contributed by atoms with Gasteiger partial charge in [0, 0.05) is 31.2 Å². The van der Waals surface area contributed by atoms with E-state index in [1.54, 1.807) is 17.0 Å². The Kier molecular flexibility index (Phi) is 5.81. The zero-order chi connectivity index (χ0) is 20.4. The van der Waals surface area contributed by atoms with Crippen molar-refractivity contribution in [2.45, 2.75) is 24.2 Å². The van der Waals surface area contributed by atoms with E-state index in [-0.39, 0.29) is 30.5 Å². The highest BCUT2D eigenvalue weighted by Gasteiger charge is 2.30. The van der Waals surface area contributed by atoms with Gasteiger partial charge in [-0.2, -0.15) is 4.31 Å². The monoisotopic (exact) mass is 434 g/mol. The number of aryl methyl sites for hydroxylation is 2. The number of fused-ring (bicyclic) bond motifs is 1. The zero-order valence-electron chi connectivity index (χ0n) is 16.0. The van der Waals surface area contributed by atoms with E-state index in [0.29, 0.717) is 23.9 Å². The van der Waals surface area contributed by atoms with Crippen LogP contribution in [0.3, 0.4) is 0 Å². The summed E-state index contributed by atoms with van der Waals surface area (Å²) in [6.07, 6.45) is 3.34. The molecule has 29 heavy (non-hydrogen) atoms. The van der Waals surface area contributed by atoms with Crippen LogP contribution >= 0.6 is 11.6 Å². The van der Waals surface area contributed by atoms with Crippen molar-refractivity contribution in [1.29, 1.82) is 0 Å². The lowest BCUT2D eigenvalue weighted by Gasteiger charge is -2.34. The van der Waals surface area contributed by atoms with Crippen molar-refractivity contribution in [1.82, 2.24) is 9.21 Å². The average molecular weight is 435 g/mol. The molecule has 0 N–H and O–H groups in total. The van der Waals surface area contributed by atoms with Gasteiger partial charge in [0.05, 0.1) is 4.90 Å². The van der Waals surface area contributed by atoms with E-state index in [2.05, 4.69) is 6.07 Å². The molecule has 0 bridgehead atoms. The molecule has 0 atom stereocenters. The smallest absolute Gasteiger partial charge is 0.260 e. The standard InChI is InChI=1S/C21H23ClN2O4S/c22-18-5-8-20(9-6-18)29(26,27)24-12-10-23(11-13-24)21(25)15-28-19-7-4-16-2-1-3-17(16)14-19/h4-9,14H,1-3,10-13,15H2. The van der Waals surface area contributed by atoms with Crippen LogP contribution in [-0.4, -0.2) is 56.3 Å². The van der Waals surface area contributed by atoms with Gasteiger partial charge in [-0.3, -0.25) is 4.79 Å². The normalized spacial score (nSPS) is 17.2. The molecule has 0 aromatic heterocycles. The van der Waals surface area contributed by atoms with Gasteiger partial charge < -0.3 is 9.64 Å². The molecule has 1 aliphatic heterocycles. The number of sulfonamides is 1. The SMILES string of the molecule is O=C(COc1ccc2c(c1)CCC2)N1CCN(S(=O)(=O)c2ccc(Cl)cc2)CC1. The van der Waals surface area contributed by atoms with Crippen molar-refractivity contribution >= 4 is 27.5 Å². The van der Waals surface area contributed by atoms with Gasteiger partial charge in [-0.1, -0.05) is 17.7 Å². The molecule has 1 heterocycles. The number of hydrogen-bond donors (Lipinski definition) is 0. The molecular formula is C21H23ClN2O4S. The number of carbonyl (C=O) groups is 1. The van der Waals surface area contributed by atoms with Gasteiger partial charge in [0.1, 0.15) is 5.75 Å². The first-order valence-electron chi connectivity index (χ1n) is 9.71. The minimum atomic E-state index is -3.58. The summed E-state index contributed by atoms with van der Waals surface area (Å²) < 4.78 is 32.6. The van der Waals surface area contributed by atoms with Crippen LogP contribution < -0.4 is 4.74 Å². The number of carbonyl (C=O) groups excluding carboxylic acids is 1. The Balaban J connectivity index is 1.31. The maximum Gasteiger partial charge on any atom is 0.260 e. The fourth-order valence-electron chi connectivity index (χ4n) is 3.81. The highest BCUT2D eigenvalue weighted by Crippen LogP contribution is 2.26. The second kappa shape index (κ2) is 8.34. The largest absolute Gasteiger partial charge is 0.484 e. The molecule has 0 radical (unpaired) electrons. The summed E-state index contributed by atoms with van der Waals surface area (Å²) in [5, 5.41) is 0.489. The highest BCUT2D eigenvalue weighted by atomic mass is 35.5. The number of rotatable bonds is 5. The lowest BCUT2D eigenvalue weighted by molar-refractivity contribution is -0.134. The topological polar surface area (TPSA) is 66.9 Å². The van der Waals surface area contributed by atoms with Crippen LogP contribution in [0.5, 0.6) is 5.75 Å². The van der Waals surface area contributed by atoms with Gasteiger partial charge in [-0.25, -0.2) is 8.42 Å². The van der Waals surface area contributed by atoms with Gasteiger partial charge in [0.25, 0.3) is 5.91 Å². The Morgan fingerprint density at radius 2 is 1.66 bits per heavy atom. The second-order valence-electron chi connectivity index (χ2n) is 7.31. The van der Waals surface area contributed by atoms with Crippen molar-refractivity contribution in [2.75, 3.05) is 32.8 Å². The molecule has 2 aromatic rings. The summed E-state index contributed by atoms with van der Waals surface area (Å²) in [6, 6.07) is 12.1. The summed E-state index contributed by atoms with van der Waals surface area (Å²) in [6.45, 7) is 1.17. The first kappa shape index (κ1) is 20.2. The van der Waals surface area contributed by atoms with Crippen molar-refractivity contribution < 1.29 is 17.9 Å². The van der Waals surface area contributed by atoms with Crippen LogP contribution in [0.15, 0.2) is 47.4 Å². The van der Waals surface area contributed by atoms with E-state index in [1.807, 2.05) is 12.1 Å². The van der Waals surface area contributed by atoms with Crippen molar-refractivity contribution in [3.8, 4) is 5.75 Å². The van der Waals surface area contributed by atoms with Crippen molar-refractivity contribution in [3.05, 3.63) is 58.6 Å². The van der Waals surface area contributed by atoms with E-state index < -0.39 is 10.0 Å². The van der Waals surface area contributed by atoms with Gasteiger partial charge >= 0.3 is 0 Å². The summed E-state index contributed by atoms with van der Waals surface area (Å²) in [7, 11) is -3.58. The summed E-state index contributed by atoms with van der Waals surface area (Å²) in [5.74, 6) is 0.581. The number of nitrogens with zero attached hydrogens (tertiary/aromatic N) is 2. The lowest BCUT2D eigenvalue weighted by atomic mass is 10.1. The minimum Gasteiger partial charge on any atom is -0.484 e. The molecule has 1 saturated heterocycles. The summed E-state index contributed by atoms with van der Waals surface area (Å²) in [4.78, 5) is 14.4. The number of ether oxygens (including phenoxy) is 1. The maximum atomic E-state index is 12.7. The van der Waals surface area contributed by atoms with E-state index >= 15 is 0 Å². The number of halogens is 1. The van der Waals surface area contributed by atoms with Gasteiger partial charge in [0.2, 0.25) is 10.0 Å². The van der Waals surface area contributed by atoms with E-state index in [9.17, 15) is 13.2 Å². The van der Waals surface area contributed by atoms with E-state index in [0.717, 1.165) is 12.8 Å². The van der Waals surface area contributed by atoms with Crippen LogP contribution in [0, 0.1) is 0 Å². The summed E-state index contributed by atoms with van der Waals surface area (Å²) >= 11 is 5.84. The molecule has 2 aliphatic rings. The first-order valence-corrected chi connectivity index (χ1v) is 11.5. The third-order valence-corrected chi connectivity index (χ3v) is 7.64. The quantitative estimate of drug-likeness (QED) is 0.725. The third-order valence-electron chi connectivity index (χ3n) is 5.48. The number of benzene rings is 2. The van der Waals surface area contributed by atoms with E-state index in [4.69, 9.17) is 16.3 Å². The Hall–Kier alpha value is -2.09. The Morgan fingerprint density at radius 3 is 2.38 bits per heavy atom. The highest BCUT2D eigenvalue weighted by molar-refractivity contribution is 7.89. The Labute approximate surface area is 176 Å².